The number of likely N-dealkylation sites (N-methyl/N-ethyl adjacent to an activating group) is 1. The molecule has 3 nitrogen and oxygen atoms in total. The van der Waals surface area contributed by atoms with Gasteiger partial charge in [0.2, 0.25) is 0 Å². The fourth-order valence-corrected chi connectivity index (χ4v) is 1.45. The van der Waals surface area contributed by atoms with E-state index in [-0.39, 0.29) is 6.61 Å². The quantitative estimate of drug-likeness (QED) is 0.774. The lowest BCUT2D eigenvalue weighted by molar-refractivity contribution is 0.281. The van der Waals surface area contributed by atoms with Crippen LogP contribution in [0.3, 0.4) is 0 Å². The van der Waals surface area contributed by atoms with E-state index in [9.17, 15) is 0 Å². The summed E-state index contributed by atoms with van der Waals surface area (Å²) in [5.74, 6) is 0.698. The molecular weight excluding hydrogens is 200 g/mol. The minimum absolute atomic E-state index is 0.0435. The summed E-state index contributed by atoms with van der Waals surface area (Å²) >= 11 is 5.99. The maximum atomic E-state index is 8.87. The van der Waals surface area contributed by atoms with Crippen LogP contribution >= 0.6 is 11.6 Å². The number of rotatable bonds is 4. The van der Waals surface area contributed by atoms with Gasteiger partial charge in [-0.05, 0) is 11.6 Å². The molecule has 1 N–H and O–H groups in total. The number of hydrogen-bond donors (Lipinski definition) is 1. The molecule has 0 aliphatic rings. The zero-order chi connectivity index (χ0) is 10.6. The molecule has 0 fully saturated rings. The fourth-order valence-electron chi connectivity index (χ4n) is 1.12. The van der Waals surface area contributed by atoms with Gasteiger partial charge in [-0.2, -0.15) is 0 Å². The highest BCUT2D eigenvalue weighted by Crippen LogP contribution is 2.22. The van der Waals surface area contributed by atoms with Gasteiger partial charge in [0, 0.05) is 19.8 Å². The van der Waals surface area contributed by atoms with E-state index < -0.39 is 0 Å². The average Bonchev–Trinajstić information content (AvgIpc) is 2.17. The summed E-state index contributed by atoms with van der Waals surface area (Å²) in [5.41, 5.74) is 0.714. The average molecular weight is 213 g/mol. The molecule has 0 aliphatic carbocycles. The highest BCUT2D eigenvalue weighted by molar-refractivity contribution is 6.33. The molecule has 0 radical (unpaired) electrons. The molecule has 1 heterocycles. The Kier molecular flexibility index (Phi) is 3.92. The van der Waals surface area contributed by atoms with Crippen LogP contribution in [-0.4, -0.2) is 23.7 Å². The van der Waals surface area contributed by atoms with E-state index in [4.69, 9.17) is 16.7 Å². The molecule has 0 atom stereocenters. The summed E-state index contributed by atoms with van der Waals surface area (Å²) < 4.78 is 0. The predicted molar refractivity (Wildman–Crippen MR) is 58.6 cm³/mol. The van der Waals surface area contributed by atoms with E-state index in [0.29, 0.717) is 22.9 Å². The largest absolute Gasteiger partial charge is 0.392 e. The monoisotopic (exact) mass is 212 g/mol. The van der Waals surface area contributed by atoms with Gasteiger partial charge in [-0.25, -0.2) is 4.98 Å². The lowest BCUT2D eigenvalue weighted by Gasteiger charge is -2.17. The maximum Gasteiger partial charge on any atom is 0.147 e. The first-order chi connectivity index (χ1) is 6.69. The minimum Gasteiger partial charge on any atom is -0.392 e. The lowest BCUT2D eigenvalue weighted by Crippen LogP contribution is -2.18. The van der Waals surface area contributed by atoms with Gasteiger partial charge in [0.05, 0.1) is 11.6 Å². The van der Waals surface area contributed by atoms with Gasteiger partial charge in [0.1, 0.15) is 5.82 Å². The Hall–Kier alpha value is -1.06. The smallest absolute Gasteiger partial charge is 0.147 e. The number of hydrogen-bond acceptors (Lipinski definition) is 3. The van der Waals surface area contributed by atoms with Gasteiger partial charge >= 0.3 is 0 Å². The summed E-state index contributed by atoms with van der Waals surface area (Å²) in [6, 6.07) is 1.71. The molecule has 4 heteroatoms. The normalized spacial score (nSPS) is 9.93. The van der Waals surface area contributed by atoms with Crippen molar-refractivity contribution in [2.45, 2.75) is 6.61 Å². The van der Waals surface area contributed by atoms with E-state index in [0.717, 1.165) is 0 Å². The van der Waals surface area contributed by atoms with Gasteiger partial charge in [-0.3, -0.25) is 0 Å². The SMILES string of the molecule is C=CCN(C)c1ncc(CO)cc1Cl. The fraction of sp³-hybridized carbons (Fsp3) is 0.300. The molecule has 1 rings (SSSR count). The van der Waals surface area contributed by atoms with Crippen molar-refractivity contribution in [1.29, 1.82) is 0 Å². The molecule has 0 aliphatic heterocycles. The van der Waals surface area contributed by atoms with Crippen LogP contribution in [-0.2, 0) is 6.61 Å². The van der Waals surface area contributed by atoms with Crippen LogP contribution in [0.25, 0.3) is 0 Å². The summed E-state index contributed by atoms with van der Waals surface area (Å²) in [5, 5.41) is 9.41. The molecule has 0 bridgehead atoms. The van der Waals surface area contributed by atoms with Crippen molar-refractivity contribution in [3.05, 3.63) is 35.5 Å². The number of pyridine rings is 1. The third-order valence-corrected chi connectivity index (χ3v) is 2.10. The van der Waals surface area contributed by atoms with E-state index in [2.05, 4.69) is 11.6 Å². The Morgan fingerprint density at radius 2 is 2.43 bits per heavy atom. The second kappa shape index (κ2) is 4.98. The van der Waals surface area contributed by atoms with E-state index in [1.165, 1.54) is 0 Å². The Balaban J connectivity index is 2.93. The number of aliphatic hydroxyl groups is 1. The van der Waals surface area contributed by atoms with E-state index in [1.54, 1.807) is 18.3 Å². The molecule has 0 spiro atoms. The molecule has 1 aromatic rings. The minimum atomic E-state index is -0.0435. The Morgan fingerprint density at radius 3 is 2.93 bits per heavy atom. The first-order valence-corrected chi connectivity index (χ1v) is 4.64. The number of anilines is 1. The highest BCUT2D eigenvalue weighted by atomic mass is 35.5. The molecule has 0 saturated carbocycles. The van der Waals surface area contributed by atoms with Crippen LogP contribution in [0.1, 0.15) is 5.56 Å². The van der Waals surface area contributed by atoms with Crippen molar-refractivity contribution in [1.82, 2.24) is 4.98 Å². The molecule has 14 heavy (non-hydrogen) atoms. The Labute approximate surface area is 88.6 Å². The lowest BCUT2D eigenvalue weighted by atomic mass is 10.3. The third kappa shape index (κ3) is 2.47. The van der Waals surface area contributed by atoms with Crippen LogP contribution in [0.15, 0.2) is 24.9 Å². The topological polar surface area (TPSA) is 36.4 Å². The van der Waals surface area contributed by atoms with Crippen LogP contribution in [0.5, 0.6) is 0 Å². The van der Waals surface area contributed by atoms with E-state index in [1.807, 2.05) is 11.9 Å². The van der Waals surface area contributed by atoms with Crippen LogP contribution in [0.2, 0.25) is 5.02 Å². The van der Waals surface area contributed by atoms with Crippen molar-refractivity contribution >= 4 is 17.4 Å². The summed E-state index contributed by atoms with van der Waals surface area (Å²) in [7, 11) is 1.88. The number of nitrogens with zero attached hydrogens (tertiary/aromatic N) is 2. The summed E-state index contributed by atoms with van der Waals surface area (Å²) in [6.45, 7) is 4.28. The Bertz CT molecular complexity index is 328. The molecule has 0 saturated heterocycles. The van der Waals surface area contributed by atoms with Crippen LogP contribution in [0.4, 0.5) is 5.82 Å². The van der Waals surface area contributed by atoms with Gasteiger partial charge < -0.3 is 10.0 Å². The maximum absolute atomic E-state index is 8.87. The molecule has 76 valence electrons. The molecule has 0 unspecified atom stereocenters. The number of aromatic nitrogens is 1. The van der Waals surface area contributed by atoms with Gasteiger partial charge in [-0.15, -0.1) is 6.58 Å². The van der Waals surface area contributed by atoms with Crippen molar-refractivity contribution in [2.75, 3.05) is 18.5 Å². The molecule has 1 aromatic heterocycles. The number of aliphatic hydroxyl groups excluding tert-OH is 1. The van der Waals surface area contributed by atoms with Crippen molar-refractivity contribution in [3.63, 3.8) is 0 Å². The first-order valence-electron chi connectivity index (χ1n) is 4.26. The van der Waals surface area contributed by atoms with Gasteiger partial charge in [0.15, 0.2) is 0 Å². The van der Waals surface area contributed by atoms with Crippen LogP contribution in [0, 0.1) is 0 Å². The van der Waals surface area contributed by atoms with Crippen molar-refractivity contribution in [3.8, 4) is 0 Å². The van der Waals surface area contributed by atoms with Gasteiger partial charge in [-0.1, -0.05) is 17.7 Å². The predicted octanol–water partition coefficient (Wildman–Crippen LogP) is 1.85. The van der Waals surface area contributed by atoms with Crippen molar-refractivity contribution in [2.24, 2.45) is 0 Å². The Morgan fingerprint density at radius 1 is 1.71 bits per heavy atom. The van der Waals surface area contributed by atoms with E-state index >= 15 is 0 Å². The highest BCUT2D eigenvalue weighted by Gasteiger charge is 2.06. The summed E-state index contributed by atoms with van der Waals surface area (Å²) in [6.07, 6.45) is 3.39. The molecule has 0 amide bonds. The van der Waals surface area contributed by atoms with Gasteiger partial charge in [0.25, 0.3) is 0 Å². The van der Waals surface area contributed by atoms with Crippen molar-refractivity contribution < 1.29 is 5.11 Å². The zero-order valence-electron chi connectivity index (χ0n) is 8.07. The second-order valence-electron chi connectivity index (χ2n) is 2.98. The standard InChI is InChI=1S/C10H13ClN2O/c1-3-4-13(2)10-9(11)5-8(7-14)6-12-10/h3,5-6,14H,1,4,7H2,2H3. The zero-order valence-corrected chi connectivity index (χ0v) is 8.83. The van der Waals surface area contributed by atoms with Crippen LogP contribution < -0.4 is 4.90 Å². The summed E-state index contributed by atoms with van der Waals surface area (Å²) in [4.78, 5) is 6.04. The molecule has 0 aromatic carbocycles. The first kappa shape index (κ1) is 11.0. The number of halogens is 1. The molecular formula is C10H13ClN2O. The second-order valence-corrected chi connectivity index (χ2v) is 3.38. The third-order valence-electron chi connectivity index (χ3n) is 1.83.